The van der Waals surface area contributed by atoms with E-state index in [2.05, 4.69) is 20.9 Å². The van der Waals surface area contributed by atoms with Gasteiger partial charge in [-0.05, 0) is 33.1 Å². The molecule has 1 aromatic heterocycles. The van der Waals surface area contributed by atoms with Gasteiger partial charge in [0.1, 0.15) is 11.7 Å². The molecular formula is C19H31N7O3S. The standard InChI is InChI=1S/C19H31N7O3S/c1-5-11(2)17(28)25-10-30-9-14(25)16(27)21-12-6-13(7-12)26-8-15(23-24-26)19(3,4)22-18(20)29/h8,11-14H,5-7,9-10H2,1-4H3,(H,21,27)(H3,20,22,29)/t11?,12?,13?,14-/m0/s1. The zero-order valence-corrected chi connectivity index (χ0v) is 18.7. The number of primary amides is 1. The zero-order chi connectivity index (χ0) is 22.1. The lowest BCUT2D eigenvalue weighted by Crippen LogP contribution is -2.53. The molecule has 2 atom stereocenters. The van der Waals surface area contributed by atoms with Gasteiger partial charge in [-0.15, -0.1) is 16.9 Å². The average Bonchev–Trinajstić information content (AvgIpc) is 3.31. The number of thioether (sulfide) groups is 1. The molecule has 0 spiro atoms. The van der Waals surface area contributed by atoms with E-state index < -0.39 is 17.6 Å². The van der Waals surface area contributed by atoms with Crippen molar-refractivity contribution in [1.82, 2.24) is 30.5 Å². The maximum atomic E-state index is 12.8. The van der Waals surface area contributed by atoms with Gasteiger partial charge in [0.25, 0.3) is 0 Å². The number of nitrogens with zero attached hydrogens (tertiary/aromatic N) is 4. The summed E-state index contributed by atoms with van der Waals surface area (Å²) in [5.74, 6) is 1.12. The van der Waals surface area contributed by atoms with E-state index in [1.54, 1.807) is 27.5 Å². The molecule has 1 aliphatic carbocycles. The van der Waals surface area contributed by atoms with Gasteiger partial charge in [-0.25, -0.2) is 9.48 Å². The number of aromatic nitrogens is 3. The molecule has 11 heteroatoms. The lowest BCUT2D eigenvalue weighted by Gasteiger charge is -2.37. The molecule has 166 valence electrons. The second-order valence-electron chi connectivity index (χ2n) is 8.66. The van der Waals surface area contributed by atoms with Gasteiger partial charge in [-0.2, -0.15) is 0 Å². The van der Waals surface area contributed by atoms with Crippen LogP contribution in [0.1, 0.15) is 58.7 Å². The molecule has 2 fully saturated rings. The highest BCUT2D eigenvalue weighted by Gasteiger charge is 2.39. The Balaban J connectivity index is 1.52. The summed E-state index contributed by atoms with van der Waals surface area (Å²) in [6.07, 6.45) is 4.07. The Labute approximate surface area is 180 Å². The first kappa shape index (κ1) is 22.4. The van der Waals surface area contributed by atoms with Crippen LogP contribution in [-0.4, -0.2) is 61.5 Å². The van der Waals surface area contributed by atoms with Crippen LogP contribution in [0.4, 0.5) is 4.79 Å². The molecule has 1 aromatic rings. The Morgan fingerprint density at radius 2 is 2.07 bits per heavy atom. The van der Waals surface area contributed by atoms with Crippen molar-refractivity contribution in [2.24, 2.45) is 11.7 Å². The SMILES string of the molecule is CCC(C)C(=O)N1CSC[C@H]1C(=O)NC1CC(n2cc(C(C)(C)NC(N)=O)nn2)C1. The molecule has 1 saturated heterocycles. The number of rotatable bonds is 7. The van der Waals surface area contributed by atoms with Gasteiger partial charge in [-0.3, -0.25) is 9.59 Å². The van der Waals surface area contributed by atoms with E-state index in [-0.39, 0.29) is 29.8 Å². The molecule has 0 bridgehead atoms. The Morgan fingerprint density at radius 3 is 2.70 bits per heavy atom. The highest BCUT2D eigenvalue weighted by molar-refractivity contribution is 7.99. The summed E-state index contributed by atoms with van der Waals surface area (Å²) < 4.78 is 1.77. The molecule has 4 N–H and O–H groups in total. The van der Waals surface area contributed by atoms with Crippen molar-refractivity contribution in [2.75, 3.05) is 11.6 Å². The van der Waals surface area contributed by atoms with E-state index in [0.29, 0.717) is 17.3 Å². The van der Waals surface area contributed by atoms with Crippen LogP contribution < -0.4 is 16.4 Å². The quantitative estimate of drug-likeness (QED) is 0.581. The Kier molecular flexibility index (Phi) is 6.59. The van der Waals surface area contributed by atoms with Crippen molar-refractivity contribution in [3.05, 3.63) is 11.9 Å². The second kappa shape index (κ2) is 8.83. The van der Waals surface area contributed by atoms with Crippen LogP contribution in [-0.2, 0) is 15.1 Å². The Bertz CT molecular complexity index is 806. The van der Waals surface area contributed by atoms with E-state index in [1.807, 2.05) is 27.7 Å². The van der Waals surface area contributed by atoms with Gasteiger partial charge in [0.05, 0.1) is 23.7 Å². The normalized spacial score (nSPS) is 24.8. The molecule has 0 aromatic carbocycles. The van der Waals surface area contributed by atoms with E-state index in [4.69, 9.17) is 5.73 Å². The third-order valence-electron chi connectivity index (χ3n) is 5.92. The Morgan fingerprint density at radius 1 is 1.37 bits per heavy atom. The molecule has 1 saturated carbocycles. The largest absolute Gasteiger partial charge is 0.352 e. The molecule has 2 aliphatic rings. The number of nitrogens with one attached hydrogen (secondary N) is 2. The molecular weight excluding hydrogens is 406 g/mol. The maximum Gasteiger partial charge on any atom is 0.312 e. The average molecular weight is 438 g/mol. The van der Waals surface area contributed by atoms with E-state index in [9.17, 15) is 14.4 Å². The Hall–Kier alpha value is -2.30. The summed E-state index contributed by atoms with van der Waals surface area (Å²) in [4.78, 5) is 38.1. The number of nitrogens with two attached hydrogens (primary N) is 1. The number of hydrogen-bond donors (Lipinski definition) is 3. The van der Waals surface area contributed by atoms with Crippen molar-refractivity contribution in [2.45, 2.75) is 70.6 Å². The molecule has 1 aliphatic heterocycles. The van der Waals surface area contributed by atoms with E-state index >= 15 is 0 Å². The molecule has 30 heavy (non-hydrogen) atoms. The number of urea groups is 1. The van der Waals surface area contributed by atoms with Crippen molar-refractivity contribution >= 4 is 29.6 Å². The predicted octanol–water partition coefficient (Wildman–Crippen LogP) is 0.949. The van der Waals surface area contributed by atoms with Crippen LogP contribution in [0, 0.1) is 5.92 Å². The van der Waals surface area contributed by atoms with Gasteiger partial charge >= 0.3 is 6.03 Å². The number of carbonyl (C=O) groups excluding carboxylic acids is 3. The van der Waals surface area contributed by atoms with Gasteiger partial charge in [-0.1, -0.05) is 19.1 Å². The van der Waals surface area contributed by atoms with E-state index in [0.717, 1.165) is 19.3 Å². The molecule has 1 unspecified atom stereocenters. The minimum absolute atomic E-state index is 0.0523. The first-order chi connectivity index (χ1) is 14.1. The summed E-state index contributed by atoms with van der Waals surface area (Å²) in [7, 11) is 0. The highest BCUT2D eigenvalue weighted by Crippen LogP contribution is 2.33. The fourth-order valence-electron chi connectivity index (χ4n) is 3.67. The predicted molar refractivity (Wildman–Crippen MR) is 113 cm³/mol. The molecule has 10 nitrogen and oxygen atoms in total. The first-order valence-corrected chi connectivity index (χ1v) is 11.5. The van der Waals surface area contributed by atoms with Crippen molar-refractivity contribution < 1.29 is 14.4 Å². The molecule has 2 heterocycles. The summed E-state index contributed by atoms with van der Waals surface area (Å²) in [5, 5.41) is 14.1. The van der Waals surface area contributed by atoms with Crippen molar-refractivity contribution in [1.29, 1.82) is 0 Å². The zero-order valence-electron chi connectivity index (χ0n) is 17.9. The monoisotopic (exact) mass is 437 g/mol. The summed E-state index contributed by atoms with van der Waals surface area (Å²) >= 11 is 1.62. The van der Waals surface area contributed by atoms with Crippen LogP contribution in [0.25, 0.3) is 0 Å². The maximum absolute atomic E-state index is 12.8. The van der Waals surface area contributed by atoms with Gasteiger partial charge in [0.15, 0.2) is 0 Å². The minimum Gasteiger partial charge on any atom is -0.352 e. The fraction of sp³-hybridized carbons (Fsp3) is 0.737. The lowest BCUT2D eigenvalue weighted by molar-refractivity contribution is -0.141. The number of carbonyl (C=O) groups is 3. The summed E-state index contributed by atoms with van der Waals surface area (Å²) in [6, 6.07) is -0.823. The molecule has 3 rings (SSSR count). The van der Waals surface area contributed by atoms with Crippen LogP contribution in [0.2, 0.25) is 0 Å². The van der Waals surface area contributed by atoms with Crippen molar-refractivity contribution in [3.63, 3.8) is 0 Å². The minimum atomic E-state index is -0.715. The third kappa shape index (κ3) is 4.71. The summed E-state index contributed by atoms with van der Waals surface area (Å²) in [6.45, 7) is 7.50. The highest BCUT2D eigenvalue weighted by atomic mass is 32.2. The molecule has 0 radical (unpaired) electrons. The van der Waals surface area contributed by atoms with E-state index in [1.165, 1.54) is 0 Å². The van der Waals surface area contributed by atoms with Crippen molar-refractivity contribution in [3.8, 4) is 0 Å². The van der Waals surface area contributed by atoms with Crippen LogP contribution in [0.3, 0.4) is 0 Å². The van der Waals surface area contributed by atoms with Gasteiger partial charge < -0.3 is 21.3 Å². The lowest BCUT2D eigenvalue weighted by atomic mass is 9.86. The van der Waals surface area contributed by atoms with Gasteiger partial charge in [0, 0.05) is 17.7 Å². The first-order valence-electron chi connectivity index (χ1n) is 10.3. The van der Waals surface area contributed by atoms with Crippen LogP contribution >= 0.6 is 11.8 Å². The summed E-state index contributed by atoms with van der Waals surface area (Å²) in [5.41, 5.74) is 5.12. The number of amides is 4. The molecule has 4 amide bonds. The van der Waals surface area contributed by atoms with Gasteiger partial charge in [0.2, 0.25) is 11.8 Å². The smallest absolute Gasteiger partial charge is 0.312 e. The van der Waals surface area contributed by atoms with Crippen LogP contribution in [0.5, 0.6) is 0 Å². The van der Waals surface area contributed by atoms with Crippen LogP contribution in [0.15, 0.2) is 6.20 Å². The third-order valence-corrected chi connectivity index (χ3v) is 6.93. The topological polar surface area (TPSA) is 135 Å². The number of hydrogen-bond acceptors (Lipinski definition) is 6. The second-order valence-corrected chi connectivity index (χ2v) is 9.66. The fourth-order valence-corrected chi connectivity index (χ4v) is 4.83.